The van der Waals surface area contributed by atoms with Crippen molar-refractivity contribution in [1.29, 1.82) is 0 Å². The SMILES string of the molecule is CC(C)(O)C1CCC(C(C)(C)C2CCC(C(=O)O)CC2)CC1. The first kappa shape index (κ1) is 17.8. The van der Waals surface area contributed by atoms with Gasteiger partial charge in [0, 0.05) is 0 Å². The minimum Gasteiger partial charge on any atom is -0.481 e. The molecule has 0 saturated heterocycles. The molecule has 3 nitrogen and oxygen atoms in total. The smallest absolute Gasteiger partial charge is 0.306 e. The third kappa shape index (κ3) is 3.84. The van der Waals surface area contributed by atoms with Crippen LogP contribution in [-0.4, -0.2) is 21.8 Å². The van der Waals surface area contributed by atoms with Crippen LogP contribution in [0, 0.1) is 29.1 Å². The molecule has 22 heavy (non-hydrogen) atoms. The number of aliphatic hydroxyl groups is 1. The number of rotatable bonds is 4. The Hall–Kier alpha value is -0.570. The molecule has 0 heterocycles. The summed E-state index contributed by atoms with van der Waals surface area (Å²) < 4.78 is 0. The van der Waals surface area contributed by atoms with E-state index in [1.54, 1.807) is 0 Å². The van der Waals surface area contributed by atoms with Crippen molar-refractivity contribution in [3.63, 3.8) is 0 Å². The van der Waals surface area contributed by atoms with Gasteiger partial charge >= 0.3 is 5.97 Å². The Kier molecular flexibility index (Phi) is 5.26. The van der Waals surface area contributed by atoms with Gasteiger partial charge in [0.2, 0.25) is 0 Å². The van der Waals surface area contributed by atoms with Crippen LogP contribution >= 0.6 is 0 Å². The number of carboxylic acid groups (broad SMARTS) is 1. The second-order valence-electron chi connectivity index (χ2n) is 8.91. The quantitative estimate of drug-likeness (QED) is 0.805. The molecule has 0 spiro atoms. The molecule has 3 heteroatoms. The molecule has 2 saturated carbocycles. The van der Waals surface area contributed by atoms with E-state index in [1.807, 2.05) is 13.8 Å². The van der Waals surface area contributed by atoms with Crippen LogP contribution in [0.4, 0.5) is 0 Å². The van der Waals surface area contributed by atoms with E-state index in [0.717, 1.165) is 44.4 Å². The van der Waals surface area contributed by atoms with Crippen molar-refractivity contribution in [1.82, 2.24) is 0 Å². The summed E-state index contributed by atoms with van der Waals surface area (Å²) in [6.45, 7) is 8.67. The van der Waals surface area contributed by atoms with Crippen molar-refractivity contribution in [3.8, 4) is 0 Å². The molecular formula is C19H34O3. The van der Waals surface area contributed by atoms with Gasteiger partial charge in [-0.1, -0.05) is 13.8 Å². The lowest BCUT2D eigenvalue weighted by atomic mass is 9.58. The van der Waals surface area contributed by atoms with Crippen LogP contribution in [0.15, 0.2) is 0 Å². The highest BCUT2D eigenvalue weighted by molar-refractivity contribution is 5.69. The van der Waals surface area contributed by atoms with E-state index >= 15 is 0 Å². The summed E-state index contributed by atoms with van der Waals surface area (Å²) in [7, 11) is 0. The molecule has 0 aliphatic heterocycles. The molecule has 2 N–H and O–H groups in total. The van der Waals surface area contributed by atoms with Crippen molar-refractivity contribution < 1.29 is 15.0 Å². The molecule has 0 unspecified atom stereocenters. The van der Waals surface area contributed by atoms with Gasteiger partial charge < -0.3 is 10.2 Å². The fourth-order valence-corrected chi connectivity index (χ4v) is 4.96. The maximum atomic E-state index is 11.1. The lowest BCUT2D eigenvalue weighted by Crippen LogP contribution is -2.40. The topological polar surface area (TPSA) is 57.5 Å². The van der Waals surface area contributed by atoms with E-state index in [0.29, 0.717) is 17.3 Å². The molecule has 128 valence electrons. The summed E-state index contributed by atoms with van der Waals surface area (Å²) in [4.78, 5) is 11.1. The minimum atomic E-state index is -0.609. The number of aliphatic carboxylic acids is 1. The number of hydrogen-bond acceptors (Lipinski definition) is 2. The molecule has 0 amide bonds. The van der Waals surface area contributed by atoms with Crippen molar-refractivity contribution in [2.45, 2.75) is 84.7 Å². The molecule has 0 radical (unpaired) electrons. The summed E-state index contributed by atoms with van der Waals surface area (Å²) in [6, 6.07) is 0. The third-order valence-electron chi connectivity index (χ3n) is 6.91. The molecule has 0 aromatic heterocycles. The Labute approximate surface area is 135 Å². The van der Waals surface area contributed by atoms with E-state index < -0.39 is 11.6 Å². The van der Waals surface area contributed by atoms with Crippen LogP contribution in [0.25, 0.3) is 0 Å². The maximum Gasteiger partial charge on any atom is 0.306 e. The summed E-state index contributed by atoms with van der Waals surface area (Å²) in [5, 5.41) is 19.4. The van der Waals surface area contributed by atoms with Crippen LogP contribution < -0.4 is 0 Å². The fourth-order valence-electron chi connectivity index (χ4n) is 4.96. The largest absolute Gasteiger partial charge is 0.481 e. The normalized spacial score (nSPS) is 34.4. The Morgan fingerprint density at radius 3 is 1.50 bits per heavy atom. The third-order valence-corrected chi connectivity index (χ3v) is 6.91. The Morgan fingerprint density at radius 1 is 0.773 bits per heavy atom. The first-order valence-electron chi connectivity index (χ1n) is 9.07. The summed E-state index contributed by atoms with van der Waals surface area (Å²) in [6.07, 6.45) is 8.50. The number of carbonyl (C=O) groups is 1. The van der Waals surface area contributed by atoms with Gasteiger partial charge in [-0.15, -0.1) is 0 Å². The predicted molar refractivity (Wildman–Crippen MR) is 88.6 cm³/mol. The van der Waals surface area contributed by atoms with Crippen LogP contribution in [0.3, 0.4) is 0 Å². The van der Waals surface area contributed by atoms with Crippen LogP contribution in [0.5, 0.6) is 0 Å². The monoisotopic (exact) mass is 310 g/mol. The van der Waals surface area contributed by atoms with E-state index in [9.17, 15) is 9.90 Å². The molecule has 0 atom stereocenters. The number of carboxylic acids is 1. The van der Waals surface area contributed by atoms with Gasteiger partial charge in [0.05, 0.1) is 11.5 Å². The first-order valence-corrected chi connectivity index (χ1v) is 9.07. The highest BCUT2D eigenvalue weighted by atomic mass is 16.4. The van der Waals surface area contributed by atoms with Crippen molar-refractivity contribution in [2.75, 3.05) is 0 Å². The van der Waals surface area contributed by atoms with E-state index in [-0.39, 0.29) is 5.92 Å². The first-order chi connectivity index (χ1) is 10.1. The van der Waals surface area contributed by atoms with Crippen LogP contribution in [0.2, 0.25) is 0 Å². The van der Waals surface area contributed by atoms with Crippen LogP contribution in [0.1, 0.15) is 79.1 Å². The Bertz CT molecular complexity index is 378. The van der Waals surface area contributed by atoms with Crippen molar-refractivity contribution >= 4 is 5.97 Å². The van der Waals surface area contributed by atoms with Gasteiger partial charge in [-0.05, 0) is 88.4 Å². The summed E-state index contributed by atoms with van der Waals surface area (Å²) >= 11 is 0. The van der Waals surface area contributed by atoms with Crippen molar-refractivity contribution in [3.05, 3.63) is 0 Å². The van der Waals surface area contributed by atoms with Gasteiger partial charge in [-0.25, -0.2) is 0 Å². The van der Waals surface area contributed by atoms with Gasteiger partial charge in [-0.2, -0.15) is 0 Å². The predicted octanol–water partition coefficient (Wildman–Crippen LogP) is 4.48. The van der Waals surface area contributed by atoms with Crippen molar-refractivity contribution in [2.24, 2.45) is 29.1 Å². The van der Waals surface area contributed by atoms with Gasteiger partial charge in [0.15, 0.2) is 0 Å². The summed E-state index contributed by atoms with van der Waals surface area (Å²) in [5.41, 5.74) is -0.247. The molecule has 2 rings (SSSR count). The minimum absolute atomic E-state index is 0.113. The second-order valence-corrected chi connectivity index (χ2v) is 8.91. The molecule has 0 bridgehead atoms. The fraction of sp³-hybridized carbons (Fsp3) is 0.947. The van der Waals surface area contributed by atoms with Gasteiger partial charge in [0.1, 0.15) is 0 Å². The Morgan fingerprint density at radius 2 is 1.14 bits per heavy atom. The molecule has 2 aliphatic rings. The zero-order valence-corrected chi connectivity index (χ0v) is 14.8. The molecule has 2 aliphatic carbocycles. The maximum absolute atomic E-state index is 11.1. The lowest BCUT2D eigenvalue weighted by Gasteiger charge is -2.47. The zero-order chi connectivity index (χ0) is 16.5. The second kappa shape index (κ2) is 6.51. The number of hydrogen-bond donors (Lipinski definition) is 2. The van der Waals surface area contributed by atoms with E-state index in [4.69, 9.17) is 5.11 Å². The average Bonchev–Trinajstić information content (AvgIpc) is 2.46. The molecule has 0 aromatic carbocycles. The van der Waals surface area contributed by atoms with Gasteiger partial charge in [-0.3, -0.25) is 4.79 Å². The molecular weight excluding hydrogens is 276 g/mol. The van der Waals surface area contributed by atoms with E-state index in [1.165, 1.54) is 12.8 Å². The van der Waals surface area contributed by atoms with Crippen LogP contribution in [-0.2, 0) is 4.79 Å². The highest BCUT2D eigenvalue weighted by Gasteiger charge is 2.42. The lowest BCUT2D eigenvalue weighted by molar-refractivity contribution is -0.143. The molecule has 0 aromatic rings. The highest BCUT2D eigenvalue weighted by Crippen LogP contribution is 2.50. The molecule has 2 fully saturated rings. The van der Waals surface area contributed by atoms with E-state index in [2.05, 4.69) is 13.8 Å². The van der Waals surface area contributed by atoms with Gasteiger partial charge in [0.25, 0.3) is 0 Å². The zero-order valence-electron chi connectivity index (χ0n) is 14.8. The average molecular weight is 310 g/mol. The Balaban J connectivity index is 1.91. The summed E-state index contributed by atoms with van der Waals surface area (Å²) in [5.74, 6) is 1.09. The standard InChI is InChI=1S/C19H34O3/c1-18(2,14-7-5-13(6-8-14)17(20)21)15-9-11-16(12-10-15)19(3,4)22/h13-16,22H,5-12H2,1-4H3,(H,20,21).